The number of anilines is 2. The topological polar surface area (TPSA) is 87.0 Å². The largest absolute Gasteiger partial charge is 0.496 e. The predicted molar refractivity (Wildman–Crippen MR) is 93.0 cm³/mol. The summed E-state index contributed by atoms with van der Waals surface area (Å²) < 4.78 is 5.56. The van der Waals surface area contributed by atoms with E-state index in [9.17, 15) is 0 Å². The van der Waals surface area contributed by atoms with Gasteiger partial charge in [0.15, 0.2) is 0 Å². The molecule has 5 nitrogen and oxygen atoms in total. The van der Waals surface area contributed by atoms with Crippen LogP contribution >= 0.6 is 0 Å². The Balaban J connectivity index is 2.18. The predicted octanol–water partition coefficient (Wildman–Crippen LogP) is 3.29. The SMILES string of the molecule is COc1cc(-c2ccccc2)c(C)cc1-c1cnc(N)nc1N. The third-order valence-corrected chi connectivity index (χ3v) is 3.76. The van der Waals surface area contributed by atoms with Crippen molar-refractivity contribution in [2.75, 3.05) is 18.6 Å². The summed E-state index contributed by atoms with van der Waals surface area (Å²) in [7, 11) is 1.64. The molecule has 1 heterocycles. The van der Waals surface area contributed by atoms with Crippen molar-refractivity contribution < 1.29 is 4.74 Å². The van der Waals surface area contributed by atoms with Crippen molar-refractivity contribution in [3.63, 3.8) is 0 Å². The molecule has 1 aromatic heterocycles. The van der Waals surface area contributed by atoms with Gasteiger partial charge in [-0.25, -0.2) is 4.98 Å². The van der Waals surface area contributed by atoms with Crippen molar-refractivity contribution >= 4 is 11.8 Å². The Morgan fingerprint density at radius 2 is 1.70 bits per heavy atom. The normalized spacial score (nSPS) is 10.5. The van der Waals surface area contributed by atoms with Crippen LogP contribution in [0.15, 0.2) is 48.7 Å². The van der Waals surface area contributed by atoms with Crippen LogP contribution in [0.4, 0.5) is 11.8 Å². The Kier molecular flexibility index (Phi) is 3.85. The molecular formula is C18H18N4O. The van der Waals surface area contributed by atoms with Gasteiger partial charge in [-0.3, -0.25) is 0 Å². The number of aryl methyl sites for hydroxylation is 1. The first-order valence-electron chi connectivity index (χ1n) is 7.22. The molecule has 3 aromatic rings. The molecule has 2 aromatic carbocycles. The van der Waals surface area contributed by atoms with E-state index in [2.05, 4.69) is 29.0 Å². The fourth-order valence-corrected chi connectivity index (χ4v) is 2.61. The molecule has 0 atom stereocenters. The lowest BCUT2D eigenvalue weighted by atomic mass is 9.95. The van der Waals surface area contributed by atoms with Crippen molar-refractivity contribution in [1.29, 1.82) is 0 Å². The standard InChI is InChI=1S/C18H18N4O/c1-11-8-14(15-10-21-18(20)22-17(15)19)16(23-2)9-13(11)12-6-4-3-5-7-12/h3-10H,1-2H3,(H4,19,20,21,22). The summed E-state index contributed by atoms with van der Waals surface area (Å²) in [5.41, 5.74) is 16.5. The lowest BCUT2D eigenvalue weighted by Crippen LogP contribution is -2.02. The molecule has 23 heavy (non-hydrogen) atoms. The lowest BCUT2D eigenvalue weighted by molar-refractivity contribution is 0.416. The minimum Gasteiger partial charge on any atom is -0.496 e. The van der Waals surface area contributed by atoms with Gasteiger partial charge in [-0.15, -0.1) is 0 Å². The van der Waals surface area contributed by atoms with Gasteiger partial charge in [-0.05, 0) is 35.7 Å². The number of aromatic nitrogens is 2. The Morgan fingerprint density at radius 1 is 0.957 bits per heavy atom. The van der Waals surface area contributed by atoms with Crippen molar-refractivity contribution in [2.24, 2.45) is 0 Å². The fraction of sp³-hybridized carbons (Fsp3) is 0.111. The molecule has 0 radical (unpaired) electrons. The summed E-state index contributed by atoms with van der Waals surface area (Å²) in [5, 5.41) is 0. The van der Waals surface area contributed by atoms with E-state index in [0.717, 1.165) is 28.0 Å². The monoisotopic (exact) mass is 306 g/mol. The van der Waals surface area contributed by atoms with Gasteiger partial charge in [0.05, 0.1) is 7.11 Å². The Hall–Kier alpha value is -3.08. The highest BCUT2D eigenvalue weighted by Gasteiger charge is 2.14. The Labute approximate surface area is 135 Å². The highest BCUT2D eigenvalue weighted by atomic mass is 16.5. The maximum atomic E-state index is 5.99. The van der Waals surface area contributed by atoms with Crippen molar-refractivity contribution in [3.05, 3.63) is 54.2 Å². The first-order chi connectivity index (χ1) is 11.1. The number of methoxy groups -OCH3 is 1. The summed E-state index contributed by atoms with van der Waals surface area (Å²) in [5.74, 6) is 1.21. The first kappa shape index (κ1) is 14.8. The molecule has 0 unspecified atom stereocenters. The number of rotatable bonds is 3. The summed E-state index contributed by atoms with van der Waals surface area (Å²) in [4.78, 5) is 8.06. The van der Waals surface area contributed by atoms with E-state index in [1.807, 2.05) is 30.3 Å². The molecule has 0 fully saturated rings. The van der Waals surface area contributed by atoms with Crippen LogP contribution in [0.5, 0.6) is 5.75 Å². The summed E-state index contributed by atoms with van der Waals surface area (Å²) in [6.07, 6.45) is 1.62. The molecule has 0 bridgehead atoms. The second-order valence-electron chi connectivity index (χ2n) is 5.26. The molecule has 0 saturated carbocycles. The third kappa shape index (κ3) is 2.81. The van der Waals surface area contributed by atoms with Gasteiger partial charge in [0.25, 0.3) is 0 Å². The molecule has 0 amide bonds. The quantitative estimate of drug-likeness (QED) is 0.775. The molecule has 116 valence electrons. The summed E-state index contributed by atoms with van der Waals surface area (Å²) >= 11 is 0. The minimum atomic E-state index is 0.155. The van der Waals surface area contributed by atoms with Gasteiger partial charge >= 0.3 is 0 Å². The van der Waals surface area contributed by atoms with E-state index in [1.165, 1.54) is 0 Å². The van der Waals surface area contributed by atoms with Crippen LogP contribution in [0.3, 0.4) is 0 Å². The van der Waals surface area contributed by atoms with E-state index in [-0.39, 0.29) is 5.95 Å². The molecule has 3 rings (SSSR count). The maximum Gasteiger partial charge on any atom is 0.221 e. The van der Waals surface area contributed by atoms with Crippen LogP contribution in [-0.4, -0.2) is 17.1 Å². The second-order valence-corrected chi connectivity index (χ2v) is 5.26. The average Bonchev–Trinajstić information content (AvgIpc) is 2.55. The third-order valence-electron chi connectivity index (χ3n) is 3.76. The number of hydrogen-bond donors (Lipinski definition) is 2. The average molecular weight is 306 g/mol. The highest BCUT2D eigenvalue weighted by molar-refractivity contribution is 5.83. The maximum absolute atomic E-state index is 5.99. The van der Waals surface area contributed by atoms with E-state index in [4.69, 9.17) is 16.2 Å². The van der Waals surface area contributed by atoms with Gasteiger partial charge in [0.2, 0.25) is 5.95 Å². The second kappa shape index (κ2) is 5.96. The number of nitrogens with zero attached hydrogens (tertiary/aromatic N) is 2. The molecular weight excluding hydrogens is 288 g/mol. The Bertz CT molecular complexity index is 847. The van der Waals surface area contributed by atoms with Gasteiger partial charge < -0.3 is 16.2 Å². The number of nitrogen functional groups attached to an aromatic ring is 2. The van der Waals surface area contributed by atoms with Crippen LogP contribution < -0.4 is 16.2 Å². The molecule has 0 aliphatic carbocycles. The zero-order valence-electron chi connectivity index (χ0n) is 13.1. The fourth-order valence-electron chi connectivity index (χ4n) is 2.61. The van der Waals surface area contributed by atoms with Crippen LogP contribution in [0.2, 0.25) is 0 Å². The molecule has 4 N–H and O–H groups in total. The van der Waals surface area contributed by atoms with Gasteiger partial charge in [-0.1, -0.05) is 30.3 Å². The zero-order chi connectivity index (χ0) is 16.4. The molecule has 0 aliphatic heterocycles. The summed E-state index contributed by atoms with van der Waals surface area (Å²) in [6, 6.07) is 14.2. The Morgan fingerprint density at radius 3 is 2.35 bits per heavy atom. The minimum absolute atomic E-state index is 0.155. The lowest BCUT2D eigenvalue weighted by Gasteiger charge is -2.15. The van der Waals surface area contributed by atoms with E-state index in [1.54, 1.807) is 13.3 Å². The molecule has 0 saturated heterocycles. The van der Waals surface area contributed by atoms with Gasteiger partial charge in [0, 0.05) is 17.3 Å². The smallest absolute Gasteiger partial charge is 0.221 e. The van der Waals surface area contributed by atoms with Gasteiger partial charge in [-0.2, -0.15) is 4.98 Å². The number of ether oxygens (including phenoxy) is 1. The van der Waals surface area contributed by atoms with E-state index in [0.29, 0.717) is 11.4 Å². The number of hydrogen-bond acceptors (Lipinski definition) is 5. The highest BCUT2D eigenvalue weighted by Crippen LogP contribution is 2.38. The molecule has 0 spiro atoms. The van der Waals surface area contributed by atoms with Crippen molar-refractivity contribution in [2.45, 2.75) is 6.92 Å². The molecule has 5 heteroatoms. The van der Waals surface area contributed by atoms with E-state index >= 15 is 0 Å². The van der Waals surface area contributed by atoms with Crippen LogP contribution in [0, 0.1) is 6.92 Å². The first-order valence-corrected chi connectivity index (χ1v) is 7.22. The van der Waals surface area contributed by atoms with Gasteiger partial charge in [0.1, 0.15) is 11.6 Å². The van der Waals surface area contributed by atoms with Crippen molar-refractivity contribution in [1.82, 2.24) is 9.97 Å². The molecule has 0 aliphatic rings. The van der Waals surface area contributed by atoms with Crippen LogP contribution in [0.1, 0.15) is 5.56 Å². The number of benzene rings is 2. The van der Waals surface area contributed by atoms with Crippen molar-refractivity contribution in [3.8, 4) is 28.0 Å². The zero-order valence-corrected chi connectivity index (χ0v) is 13.1. The summed E-state index contributed by atoms with van der Waals surface area (Å²) in [6.45, 7) is 2.06. The van der Waals surface area contributed by atoms with Crippen LogP contribution in [-0.2, 0) is 0 Å². The van der Waals surface area contributed by atoms with E-state index < -0.39 is 0 Å². The number of nitrogens with two attached hydrogens (primary N) is 2. The van der Waals surface area contributed by atoms with Crippen LogP contribution in [0.25, 0.3) is 22.3 Å².